The van der Waals surface area contributed by atoms with Crippen molar-refractivity contribution >= 4 is 23.8 Å². The Morgan fingerprint density at radius 3 is 1.23 bits per heavy atom. The van der Waals surface area contributed by atoms with Crippen LogP contribution in [-0.2, 0) is 63.5 Å². The Kier molecular flexibility index (Phi) is 30.3. The summed E-state index contributed by atoms with van der Waals surface area (Å²) < 4.78 is 62.5. The molecular weight excluding hydrogens is 776 g/mol. The minimum atomic E-state index is -0.779. The molecule has 2 aromatic carbocycles. The summed E-state index contributed by atoms with van der Waals surface area (Å²) in [6.45, 7) is 8.78. The Morgan fingerprint density at radius 1 is 0.596 bits per heavy atom. The summed E-state index contributed by atoms with van der Waals surface area (Å²) in [6, 6.07) is 8.80. The van der Waals surface area contributed by atoms with Gasteiger partial charge in [0.2, 0.25) is 11.8 Å². The molecule has 0 saturated heterocycles. The molecule has 0 unspecified atom stereocenters. The van der Waals surface area contributed by atoms with Gasteiger partial charge in [-0.05, 0) is 53.4 Å². The summed E-state index contributed by atoms with van der Waals surface area (Å²) in [7, 11) is 0. The van der Waals surface area contributed by atoms with E-state index in [4.69, 9.17) is 9.47 Å². The van der Waals surface area contributed by atoms with Gasteiger partial charge in [0.15, 0.2) is 0 Å². The summed E-state index contributed by atoms with van der Waals surface area (Å²) in [5.41, 5.74) is 0.459. The topological polar surface area (TPSA) is 93.2 Å². The number of ether oxygens (including phenoxy) is 2. The first kappa shape index (κ1) is 52.7. The zero-order valence-electron chi connectivity index (χ0n) is 33.4. The molecule has 0 spiro atoms. The van der Waals surface area contributed by atoms with Crippen LogP contribution in [0.25, 0.3) is 0 Å². The van der Waals surface area contributed by atoms with Gasteiger partial charge in [-0.3, -0.25) is 31.3 Å². The molecule has 2 aromatic rings. The van der Waals surface area contributed by atoms with Crippen molar-refractivity contribution in [2.24, 2.45) is 0 Å². The van der Waals surface area contributed by atoms with Crippen LogP contribution in [0.1, 0.15) is 103 Å². The molecule has 57 heavy (non-hydrogen) atoms. The van der Waals surface area contributed by atoms with Crippen molar-refractivity contribution < 1.29 is 67.9 Å². The second-order valence-electron chi connectivity index (χ2n) is 12.1. The molecule has 8 nitrogen and oxygen atoms in total. The van der Waals surface area contributed by atoms with E-state index in [9.17, 15) is 36.7 Å². The molecule has 0 aliphatic heterocycles. The van der Waals surface area contributed by atoms with Crippen molar-refractivity contribution in [1.29, 1.82) is 0 Å². The van der Waals surface area contributed by atoms with E-state index in [0.717, 1.165) is 25.0 Å². The van der Waals surface area contributed by atoms with Crippen LogP contribution in [0.4, 0.5) is 17.6 Å². The van der Waals surface area contributed by atoms with Crippen molar-refractivity contribution in [3.63, 3.8) is 0 Å². The van der Waals surface area contributed by atoms with Gasteiger partial charge >= 0.3 is 33.7 Å². The minimum Gasteiger partial charge on any atom is -0.466 e. The number of hydrogen-bond acceptors (Lipinski definition) is 6. The van der Waals surface area contributed by atoms with Crippen LogP contribution in [0.15, 0.2) is 60.7 Å². The second-order valence-corrected chi connectivity index (χ2v) is 12.1. The van der Waals surface area contributed by atoms with Crippen molar-refractivity contribution in [1.82, 2.24) is 9.80 Å². The van der Waals surface area contributed by atoms with E-state index in [0.29, 0.717) is 52.0 Å². The van der Waals surface area contributed by atoms with Crippen LogP contribution in [0.5, 0.6) is 0 Å². The van der Waals surface area contributed by atoms with Gasteiger partial charge in [0.1, 0.15) is 0 Å². The molecule has 0 N–H and O–H groups in total. The van der Waals surface area contributed by atoms with E-state index < -0.39 is 23.3 Å². The molecule has 2 aliphatic carbocycles. The van der Waals surface area contributed by atoms with E-state index in [2.05, 4.69) is 24.3 Å². The fourth-order valence-corrected chi connectivity index (χ4v) is 4.91. The van der Waals surface area contributed by atoms with E-state index >= 15 is 0 Å². The third kappa shape index (κ3) is 24.9. The molecule has 0 atom stereocenters. The monoisotopic (exact) mass is 830 g/mol. The molecule has 308 valence electrons. The number of hydrogen-bond donors (Lipinski definition) is 0. The molecule has 0 fully saturated rings. The van der Waals surface area contributed by atoms with Gasteiger partial charge in [0, 0.05) is 75.1 Å². The Labute approximate surface area is 350 Å². The number of carbonyl (C=O) groups excluding carboxylic acids is 4. The maximum Gasteiger partial charge on any atom is 4.00 e. The summed E-state index contributed by atoms with van der Waals surface area (Å²) in [5, 5.41) is 0. The van der Waals surface area contributed by atoms with Crippen molar-refractivity contribution in [3.8, 4) is 0 Å². The van der Waals surface area contributed by atoms with Gasteiger partial charge in [-0.15, -0.1) is 48.2 Å². The van der Waals surface area contributed by atoms with Crippen molar-refractivity contribution in [2.75, 3.05) is 26.3 Å². The molecule has 0 saturated carbocycles. The quantitative estimate of drug-likeness (QED) is 0.0490. The molecule has 4 rings (SSSR count). The fraction of sp³-hybridized carbons (Fsp3) is 0.455. The van der Waals surface area contributed by atoms with E-state index in [1.165, 1.54) is 21.9 Å². The van der Waals surface area contributed by atoms with Gasteiger partial charge in [0.25, 0.3) is 0 Å². The average Bonchev–Trinajstić information content (AvgIpc) is 3.96. The number of halogens is 4. The second kappa shape index (κ2) is 32.8. The fourth-order valence-electron chi connectivity index (χ4n) is 4.91. The van der Waals surface area contributed by atoms with Gasteiger partial charge in [-0.1, -0.05) is 0 Å². The van der Waals surface area contributed by atoms with Gasteiger partial charge in [-0.25, -0.2) is 41.9 Å². The number of nitrogens with zero attached hydrogens (tertiary/aromatic N) is 2. The molecule has 13 heteroatoms. The summed E-state index contributed by atoms with van der Waals surface area (Å²) in [5.74, 6) is -3.87. The summed E-state index contributed by atoms with van der Waals surface area (Å²) in [6.07, 6.45) is 23.4. The zero-order valence-corrected chi connectivity index (χ0v) is 35.0. The number of benzene rings is 2. The zero-order chi connectivity index (χ0) is 41.6. The Bertz CT molecular complexity index is 1480. The van der Waals surface area contributed by atoms with Crippen LogP contribution >= 0.6 is 0 Å². The third-order valence-electron chi connectivity index (χ3n) is 7.90. The molecule has 0 bridgehead atoms. The predicted octanol–water partition coefficient (Wildman–Crippen LogP) is 9.08. The van der Waals surface area contributed by atoms with Crippen LogP contribution in [-0.4, -0.2) is 59.9 Å². The Hall–Kier alpha value is -4.29. The van der Waals surface area contributed by atoms with Gasteiger partial charge in [-0.2, -0.15) is 24.3 Å². The van der Waals surface area contributed by atoms with Crippen LogP contribution in [0.3, 0.4) is 0 Å². The first-order valence-electron chi connectivity index (χ1n) is 19.0. The first-order chi connectivity index (χ1) is 26.9. The standard InChI is InChI=1S/2C17H22F2NO3.2C5H5.Ti/c2*1-3-20(12-13-9-10-14(18)11-15(13)19)16(21)7-5-6-8-17(22)23-4-2;2*1-2-4-5-3-1;/h2*9-10H,3-8,12H2,1-2H3;2*1-3H,4H2;/q4*-1;+4. The first-order valence-corrected chi connectivity index (χ1v) is 19.0. The average molecular weight is 831 g/mol. The number of amides is 2. The van der Waals surface area contributed by atoms with E-state index in [1.54, 1.807) is 27.7 Å². The maximum atomic E-state index is 13.6. The van der Waals surface area contributed by atoms with Crippen LogP contribution in [0.2, 0.25) is 0 Å². The predicted molar refractivity (Wildman–Crippen MR) is 206 cm³/mol. The number of carbonyl (C=O) groups is 4. The number of esters is 2. The normalized spacial score (nSPS) is 11.5. The number of unbranched alkanes of at least 4 members (excludes halogenated alkanes) is 2. The van der Waals surface area contributed by atoms with Crippen molar-refractivity contribution in [2.45, 2.75) is 105 Å². The molecule has 0 heterocycles. The Morgan fingerprint density at radius 2 is 0.965 bits per heavy atom. The molecule has 2 amide bonds. The maximum absolute atomic E-state index is 13.6. The van der Waals surface area contributed by atoms with Crippen LogP contribution in [0, 0.1) is 47.6 Å². The SMILES string of the molecule is CCOC(=O)CCCCC(=O)N(CC)Cc1ccc(F)[c-]c1F.CCOC(=O)CCCCC(=O)N(CC)Cc1ccc(F)[c-]c1F.[C-]1=CC=CC1.[C-]1=CC=CC1.[Ti+4]. The number of allylic oxidation sites excluding steroid dienone is 8. The van der Waals surface area contributed by atoms with E-state index in [1.807, 2.05) is 36.4 Å². The van der Waals surface area contributed by atoms with Crippen LogP contribution < -0.4 is 0 Å². The minimum absolute atomic E-state index is 0. The smallest absolute Gasteiger partial charge is 0.466 e. The van der Waals surface area contributed by atoms with Crippen molar-refractivity contribution in [3.05, 3.63) is 119 Å². The van der Waals surface area contributed by atoms with E-state index in [-0.39, 0.29) is 95.4 Å². The number of rotatable bonds is 18. The largest absolute Gasteiger partial charge is 4.00 e. The summed E-state index contributed by atoms with van der Waals surface area (Å²) in [4.78, 5) is 49.6. The molecule has 0 aromatic heterocycles. The summed E-state index contributed by atoms with van der Waals surface area (Å²) >= 11 is 0. The molecular formula is C44H54F4N2O6Ti. The third-order valence-corrected chi connectivity index (χ3v) is 7.90. The Balaban J connectivity index is 0.000000865. The molecule has 0 radical (unpaired) electrons. The van der Waals surface area contributed by atoms with Gasteiger partial charge in [0.05, 0.1) is 13.2 Å². The molecule has 2 aliphatic rings. The van der Waals surface area contributed by atoms with Gasteiger partial charge < -0.3 is 19.3 Å².